The summed E-state index contributed by atoms with van der Waals surface area (Å²) in [6.45, 7) is 0. The van der Waals surface area contributed by atoms with Crippen LogP contribution in [0.15, 0.2) is 58.3 Å². The highest BCUT2D eigenvalue weighted by Gasteiger charge is 2.20. The van der Waals surface area contributed by atoms with Gasteiger partial charge in [-0.05, 0) is 40.6 Å². The Bertz CT molecular complexity index is 1240. The molecule has 0 aliphatic carbocycles. The lowest BCUT2D eigenvalue weighted by Crippen LogP contribution is -2.13. The molecule has 0 saturated carbocycles. The van der Waals surface area contributed by atoms with Crippen molar-refractivity contribution in [1.29, 1.82) is 0 Å². The van der Waals surface area contributed by atoms with Crippen molar-refractivity contribution in [2.45, 2.75) is 0 Å². The van der Waals surface area contributed by atoms with Gasteiger partial charge in [-0.3, -0.25) is 0 Å². The highest BCUT2D eigenvalue weighted by molar-refractivity contribution is 6.30. The van der Waals surface area contributed by atoms with Crippen LogP contribution in [-0.4, -0.2) is 37.1 Å². The van der Waals surface area contributed by atoms with Gasteiger partial charge in [-0.2, -0.15) is 5.10 Å². The predicted molar refractivity (Wildman–Crippen MR) is 105 cm³/mol. The van der Waals surface area contributed by atoms with E-state index in [4.69, 9.17) is 27.2 Å². The Morgan fingerprint density at radius 3 is 2.41 bits per heavy atom. The minimum Gasteiger partial charge on any atom is -0.478 e. The zero-order valence-electron chi connectivity index (χ0n) is 14.6. The van der Waals surface area contributed by atoms with Crippen LogP contribution in [0.2, 0.25) is 5.02 Å². The molecule has 2 heterocycles. The fourth-order valence-corrected chi connectivity index (χ4v) is 2.83. The number of aromatic nitrogens is 4. The van der Waals surface area contributed by atoms with E-state index in [1.807, 2.05) is 0 Å². The molecule has 0 atom stereocenters. The van der Waals surface area contributed by atoms with Gasteiger partial charge < -0.3 is 16.3 Å². The number of fused-ring (bicyclic) bond motifs is 1. The number of nitrogens with two attached hydrogens (primary N) is 1. The molecule has 0 radical (unpaired) electrons. The Kier molecular flexibility index (Phi) is 4.75. The maximum Gasteiger partial charge on any atom is 0.335 e. The fourth-order valence-electron chi connectivity index (χ4n) is 2.64. The maximum absolute atomic E-state index is 11.1. The third-order valence-corrected chi connectivity index (χ3v) is 4.20. The van der Waals surface area contributed by atoms with Crippen molar-refractivity contribution in [3.05, 3.63) is 70.4 Å². The zero-order chi connectivity index (χ0) is 20.4. The van der Waals surface area contributed by atoms with E-state index < -0.39 is 5.97 Å². The fraction of sp³-hybridized carbons (Fsp3) is 0. The number of halogens is 1. The monoisotopic (exact) mass is 409 g/mol. The summed E-state index contributed by atoms with van der Waals surface area (Å²) in [4.78, 5) is 19.9. The van der Waals surface area contributed by atoms with Crippen molar-refractivity contribution < 1.29 is 14.5 Å². The minimum atomic E-state index is -1.04. The summed E-state index contributed by atoms with van der Waals surface area (Å²) in [5, 5.41) is 24.0. The van der Waals surface area contributed by atoms with Crippen LogP contribution in [0.25, 0.3) is 11.3 Å². The van der Waals surface area contributed by atoms with Crippen molar-refractivity contribution in [1.82, 2.24) is 20.3 Å². The van der Waals surface area contributed by atoms with E-state index in [1.165, 1.54) is 12.1 Å². The van der Waals surface area contributed by atoms with Crippen molar-refractivity contribution >= 4 is 46.1 Å². The topological polar surface area (TPSA) is 152 Å². The molecule has 10 nitrogen and oxygen atoms in total. The molecule has 4 rings (SSSR count). The number of hydrazone groups is 1. The summed E-state index contributed by atoms with van der Waals surface area (Å²) in [7, 11) is 0. The Hall–Kier alpha value is -4.05. The van der Waals surface area contributed by atoms with E-state index in [2.05, 4.69) is 30.7 Å². The van der Waals surface area contributed by atoms with Crippen LogP contribution >= 0.6 is 11.6 Å². The Morgan fingerprint density at radius 2 is 1.76 bits per heavy atom. The third-order valence-electron chi connectivity index (χ3n) is 3.96. The lowest BCUT2D eigenvalue weighted by Gasteiger charge is -2.12. The molecule has 0 spiro atoms. The Balaban J connectivity index is 1.82. The lowest BCUT2D eigenvalue weighted by molar-refractivity contribution is 0.0697. The SMILES string of the molecule is NN=C(c1ccc(C(=O)O)cc1)c1nc2nonc2nc1Nc1cccc(Cl)c1. The highest BCUT2D eigenvalue weighted by Crippen LogP contribution is 2.24. The van der Waals surface area contributed by atoms with E-state index in [0.29, 0.717) is 22.1 Å². The largest absolute Gasteiger partial charge is 0.478 e. The molecule has 0 aliphatic heterocycles. The second-order valence-corrected chi connectivity index (χ2v) is 6.26. The van der Waals surface area contributed by atoms with Crippen LogP contribution < -0.4 is 11.2 Å². The number of hydrogen-bond acceptors (Lipinski definition) is 9. The first-order valence-electron chi connectivity index (χ1n) is 8.20. The first-order chi connectivity index (χ1) is 14.0. The summed E-state index contributed by atoms with van der Waals surface area (Å²) in [5.41, 5.74) is 2.22. The molecule has 4 aromatic rings. The highest BCUT2D eigenvalue weighted by atomic mass is 35.5. The third kappa shape index (κ3) is 3.69. The van der Waals surface area contributed by atoms with Crippen LogP contribution in [-0.2, 0) is 0 Å². The number of aromatic carboxylic acids is 1. The number of carboxylic acids is 1. The molecule has 2 aromatic heterocycles. The van der Waals surface area contributed by atoms with Gasteiger partial charge in [-0.1, -0.05) is 29.8 Å². The molecule has 0 bridgehead atoms. The van der Waals surface area contributed by atoms with Crippen LogP contribution in [0.4, 0.5) is 11.5 Å². The van der Waals surface area contributed by atoms with E-state index in [-0.39, 0.29) is 28.3 Å². The number of nitrogens with zero attached hydrogens (tertiary/aromatic N) is 5. The molecular weight excluding hydrogens is 398 g/mol. The molecule has 0 fully saturated rings. The summed E-state index contributed by atoms with van der Waals surface area (Å²) < 4.78 is 4.70. The van der Waals surface area contributed by atoms with Gasteiger partial charge in [0.05, 0.1) is 5.56 Å². The summed E-state index contributed by atoms with van der Waals surface area (Å²) in [6, 6.07) is 13.0. The number of carboxylic acid groups (broad SMARTS) is 1. The Morgan fingerprint density at radius 1 is 1.07 bits per heavy atom. The van der Waals surface area contributed by atoms with Gasteiger partial charge in [0.1, 0.15) is 11.4 Å². The molecule has 0 saturated heterocycles. The number of carbonyl (C=O) groups is 1. The summed E-state index contributed by atoms with van der Waals surface area (Å²) >= 11 is 6.05. The summed E-state index contributed by atoms with van der Waals surface area (Å²) in [6.07, 6.45) is 0. The molecule has 0 aliphatic rings. The molecule has 4 N–H and O–H groups in total. The van der Waals surface area contributed by atoms with Gasteiger partial charge in [-0.25, -0.2) is 19.4 Å². The quantitative estimate of drug-likeness (QED) is 0.256. The Labute approximate surface area is 168 Å². The van der Waals surface area contributed by atoms with Gasteiger partial charge in [0.2, 0.25) is 11.3 Å². The van der Waals surface area contributed by atoms with E-state index >= 15 is 0 Å². The van der Waals surface area contributed by atoms with Gasteiger partial charge in [0, 0.05) is 16.3 Å². The molecule has 0 amide bonds. The second-order valence-electron chi connectivity index (χ2n) is 5.83. The van der Waals surface area contributed by atoms with E-state index in [9.17, 15) is 4.79 Å². The second kappa shape index (κ2) is 7.52. The van der Waals surface area contributed by atoms with E-state index in [0.717, 1.165) is 0 Å². The first kappa shape index (κ1) is 18.3. The number of hydrogen-bond donors (Lipinski definition) is 3. The van der Waals surface area contributed by atoms with Crippen molar-refractivity contribution in [3.63, 3.8) is 0 Å². The average Bonchev–Trinajstić information content (AvgIpc) is 3.16. The van der Waals surface area contributed by atoms with Crippen LogP contribution in [0.1, 0.15) is 21.6 Å². The molecule has 29 heavy (non-hydrogen) atoms. The van der Waals surface area contributed by atoms with Gasteiger partial charge in [0.25, 0.3) is 0 Å². The summed E-state index contributed by atoms with van der Waals surface area (Å²) in [5.74, 6) is 4.89. The van der Waals surface area contributed by atoms with E-state index in [1.54, 1.807) is 36.4 Å². The van der Waals surface area contributed by atoms with Gasteiger partial charge in [-0.15, -0.1) is 0 Å². The smallest absolute Gasteiger partial charge is 0.335 e. The number of anilines is 2. The molecule has 2 aromatic carbocycles. The first-order valence-corrected chi connectivity index (χ1v) is 8.58. The molecule has 11 heteroatoms. The van der Waals surface area contributed by atoms with Crippen molar-refractivity contribution in [2.24, 2.45) is 10.9 Å². The number of nitrogens with one attached hydrogen (secondary N) is 1. The number of rotatable bonds is 5. The zero-order valence-corrected chi connectivity index (χ0v) is 15.3. The van der Waals surface area contributed by atoms with Gasteiger partial charge >= 0.3 is 5.97 Å². The number of benzene rings is 2. The maximum atomic E-state index is 11.1. The normalized spacial score (nSPS) is 11.6. The standard InChI is InChI=1S/C18H12ClN7O3/c19-11-2-1-3-12(8-11)21-15-14(22-16-17(23-15)26-29-25-16)13(24-20)9-4-6-10(7-5-9)18(27)28/h1-8H,20H2,(H,27,28)(H,21,23,26). The van der Waals surface area contributed by atoms with Crippen molar-refractivity contribution in [2.75, 3.05) is 5.32 Å². The predicted octanol–water partition coefficient (Wildman–Crippen LogP) is 2.82. The van der Waals surface area contributed by atoms with Crippen LogP contribution in [0, 0.1) is 0 Å². The average molecular weight is 410 g/mol. The van der Waals surface area contributed by atoms with Gasteiger partial charge in [0.15, 0.2) is 5.82 Å². The van der Waals surface area contributed by atoms with Crippen molar-refractivity contribution in [3.8, 4) is 0 Å². The molecule has 144 valence electrons. The van der Waals surface area contributed by atoms with Crippen LogP contribution in [0.5, 0.6) is 0 Å². The molecular formula is C18H12ClN7O3. The minimum absolute atomic E-state index is 0.129. The molecule has 0 unspecified atom stereocenters. The lowest BCUT2D eigenvalue weighted by atomic mass is 10.0. The van der Waals surface area contributed by atoms with Crippen LogP contribution in [0.3, 0.4) is 0 Å².